The minimum absolute atomic E-state index is 0. The minimum Gasteiger partial charge on any atom is -0.357 e. The van der Waals surface area contributed by atoms with E-state index in [0.717, 1.165) is 44.3 Å². The predicted molar refractivity (Wildman–Crippen MR) is 112 cm³/mol. The summed E-state index contributed by atoms with van der Waals surface area (Å²) in [6, 6.07) is 4.21. The number of hydrogen-bond acceptors (Lipinski definition) is 3. The highest BCUT2D eigenvalue weighted by Crippen LogP contribution is 2.07. The van der Waals surface area contributed by atoms with Gasteiger partial charge in [0.1, 0.15) is 0 Å². The number of piperidine rings is 1. The standard InChI is InChI=1S/C18H31N5.HI/c1-3-19-18(21-11-14-23-12-5-4-6-13-23)20-10-9-17-8-7-16(2)22-15-17;/h7-8,15H,3-6,9-14H2,1-2H3,(H2,19,20,21);1H. The summed E-state index contributed by atoms with van der Waals surface area (Å²) in [5.41, 5.74) is 2.32. The van der Waals surface area contributed by atoms with Gasteiger partial charge in [0.05, 0.1) is 6.54 Å². The molecule has 5 nitrogen and oxygen atoms in total. The van der Waals surface area contributed by atoms with Crippen LogP contribution in [0, 0.1) is 6.92 Å². The van der Waals surface area contributed by atoms with Crippen LogP contribution in [0.1, 0.15) is 37.4 Å². The Hall–Kier alpha value is -0.890. The summed E-state index contributed by atoms with van der Waals surface area (Å²) >= 11 is 0. The number of hydrogen-bond donors (Lipinski definition) is 2. The maximum absolute atomic E-state index is 4.69. The van der Waals surface area contributed by atoms with Crippen molar-refractivity contribution in [1.29, 1.82) is 0 Å². The molecule has 2 N–H and O–H groups in total. The number of likely N-dealkylation sites (tertiary alicyclic amines) is 1. The Morgan fingerprint density at radius 2 is 2.00 bits per heavy atom. The molecular weight excluding hydrogens is 413 g/mol. The zero-order valence-corrected chi connectivity index (χ0v) is 17.4. The monoisotopic (exact) mass is 445 g/mol. The van der Waals surface area contributed by atoms with Gasteiger partial charge in [0.25, 0.3) is 0 Å². The summed E-state index contributed by atoms with van der Waals surface area (Å²) < 4.78 is 0. The van der Waals surface area contributed by atoms with Gasteiger partial charge in [-0.2, -0.15) is 0 Å². The van der Waals surface area contributed by atoms with Crippen molar-refractivity contribution in [3.8, 4) is 0 Å². The van der Waals surface area contributed by atoms with Crippen molar-refractivity contribution in [2.45, 2.75) is 39.5 Å². The van der Waals surface area contributed by atoms with E-state index in [1.807, 2.05) is 13.1 Å². The van der Waals surface area contributed by atoms with Crippen molar-refractivity contribution in [3.05, 3.63) is 29.6 Å². The predicted octanol–water partition coefficient (Wildman–Crippen LogP) is 2.59. The lowest BCUT2D eigenvalue weighted by molar-refractivity contribution is 0.235. The largest absolute Gasteiger partial charge is 0.357 e. The van der Waals surface area contributed by atoms with E-state index in [1.54, 1.807) is 0 Å². The lowest BCUT2D eigenvalue weighted by atomic mass is 10.1. The number of nitrogens with zero attached hydrogens (tertiary/aromatic N) is 3. The molecule has 1 aliphatic heterocycles. The van der Waals surface area contributed by atoms with Gasteiger partial charge in [-0.25, -0.2) is 0 Å². The fraction of sp³-hybridized carbons (Fsp3) is 0.667. The molecule has 0 spiro atoms. The summed E-state index contributed by atoms with van der Waals surface area (Å²) in [6.45, 7) is 10.3. The maximum Gasteiger partial charge on any atom is 0.191 e. The molecule has 2 rings (SSSR count). The van der Waals surface area contributed by atoms with Crippen LogP contribution in [0.25, 0.3) is 0 Å². The summed E-state index contributed by atoms with van der Waals surface area (Å²) in [5.74, 6) is 0.921. The van der Waals surface area contributed by atoms with Crippen LogP contribution in [0.2, 0.25) is 0 Å². The van der Waals surface area contributed by atoms with Crippen molar-refractivity contribution < 1.29 is 0 Å². The first-order chi connectivity index (χ1) is 11.3. The average Bonchev–Trinajstić information content (AvgIpc) is 2.58. The molecule has 1 aromatic heterocycles. The molecule has 1 saturated heterocycles. The molecule has 0 bridgehead atoms. The average molecular weight is 445 g/mol. The zero-order chi connectivity index (χ0) is 16.3. The van der Waals surface area contributed by atoms with Gasteiger partial charge in [-0.15, -0.1) is 24.0 Å². The molecule has 1 aliphatic rings. The van der Waals surface area contributed by atoms with Crippen molar-refractivity contribution in [2.75, 3.05) is 39.3 Å². The molecule has 0 saturated carbocycles. The van der Waals surface area contributed by atoms with Crippen LogP contribution in [0.15, 0.2) is 23.3 Å². The number of guanidine groups is 1. The van der Waals surface area contributed by atoms with Crippen LogP contribution < -0.4 is 10.6 Å². The fourth-order valence-corrected chi connectivity index (χ4v) is 2.80. The Kier molecular flexibility index (Phi) is 11.0. The van der Waals surface area contributed by atoms with Gasteiger partial charge < -0.3 is 15.5 Å². The van der Waals surface area contributed by atoms with E-state index >= 15 is 0 Å². The highest BCUT2D eigenvalue weighted by Gasteiger charge is 2.08. The van der Waals surface area contributed by atoms with Crippen LogP contribution in [0.4, 0.5) is 0 Å². The molecule has 0 aromatic carbocycles. The van der Waals surface area contributed by atoms with Gasteiger partial charge >= 0.3 is 0 Å². The smallest absolute Gasteiger partial charge is 0.191 e. The molecule has 0 aliphatic carbocycles. The number of aryl methyl sites for hydroxylation is 1. The van der Waals surface area contributed by atoms with Gasteiger partial charge in [-0.05, 0) is 57.8 Å². The highest BCUT2D eigenvalue weighted by molar-refractivity contribution is 14.0. The molecule has 136 valence electrons. The number of aromatic nitrogens is 1. The number of nitrogens with one attached hydrogen (secondary N) is 2. The Labute approximate surface area is 163 Å². The topological polar surface area (TPSA) is 52.6 Å². The quantitative estimate of drug-likeness (QED) is 0.385. The molecule has 0 radical (unpaired) electrons. The molecular formula is C18H32IN5. The maximum atomic E-state index is 4.69. The lowest BCUT2D eigenvalue weighted by Gasteiger charge is -2.25. The van der Waals surface area contributed by atoms with Crippen molar-refractivity contribution in [1.82, 2.24) is 20.5 Å². The van der Waals surface area contributed by atoms with E-state index in [2.05, 4.69) is 44.6 Å². The molecule has 0 amide bonds. The zero-order valence-electron chi connectivity index (χ0n) is 15.1. The third-order valence-electron chi connectivity index (χ3n) is 4.16. The summed E-state index contributed by atoms with van der Waals surface area (Å²) in [4.78, 5) is 11.5. The van der Waals surface area contributed by atoms with Crippen LogP contribution in [0.3, 0.4) is 0 Å². The van der Waals surface area contributed by atoms with Gasteiger partial charge in [0.2, 0.25) is 0 Å². The molecule has 1 aromatic rings. The van der Waals surface area contributed by atoms with Gasteiger partial charge in [0.15, 0.2) is 5.96 Å². The first-order valence-electron chi connectivity index (χ1n) is 8.94. The van der Waals surface area contributed by atoms with E-state index in [1.165, 1.54) is 37.9 Å². The SMILES string of the molecule is CCNC(=NCCN1CCCCC1)NCCc1ccc(C)nc1.I. The number of halogens is 1. The second-order valence-electron chi connectivity index (χ2n) is 6.15. The molecule has 0 unspecified atom stereocenters. The van der Waals surface area contributed by atoms with Gasteiger partial charge in [-0.3, -0.25) is 9.98 Å². The van der Waals surface area contributed by atoms with Crippen molar-refractivity contribution in [2.24, 2.45) is 4.99 Å². The Morgan fingerprint density at radius 3 is 2.67 bits per heavy atom. The van der Waals surface area contributed by atoms with Crippen molar-refractivity contribution in [3.63, 3.8) is 0 Å². The Morgan fingerprint density at radius 1 is 1.21 bits per heavy atom. The molecule has 6 heteroatoms. The van der Waals surface area contributed by atoms with Crippen molar-refractivity contribution >= 4 is 29.9 Å². The van der Waals surface area contributed by atoms with E-state index in [0.29, 0.717) is 0 Å². The second-order valence-corrected chi connectivity index (χ2v) is 6.15. The van der Waals surface area contributed by atoms with E-state index in [9.17, 15) is 0 Å². The summed E-state index contributed by atoms with van der Waals surface area (Å²) in [5, 5.41) is 6.73. The number of pyridine rings is 1. The van der Waals surface area contributed by atoms with Crippen LogP contribution in [-0.4, -0.2) is 55.1 Å². The van der Waals surface area contributed by atoms with E-state index < -0.39 is 0 Å². The van der Waals surface area contributed by atoms with Crippen LogP contribution in [-0.2, 0) is 6.42 Å². The lowest BCUT2D eigenvalue weighted by Crippen LogP contribution is -2.39. The van der Waals surface area contributed by atoms with Gasteiger partial charge in [-0.1, -0.05) is 12.5 Å². The van der Waals surface area contributed by atoms with Crippen LogP contribution in [0.5, 0.6) is 0 Å². The van der Waals surface area contributed by atoms with Gasteiger partial charge in [0, 0.05) is 31.5 Å². The molecule has 2 heterocycles. The summed E-state index contributed by atoms with van der Waals surface area (Å²) in [7, 11) is 0. The summed E-state index contributed by atoms with van der Waals surface area (Å²) in [6.07, 6.45) is 6.98. The first kappa shape index (κ1) is 21.2. The fourth-order valence-electron chi connectivity index (χ4n) is 2.80. The van der Waals surface area contributed by atoms with E-state index in [4.69, 9.17) is 0 Å². The molecule has 0 atom stereocenters. The number of aliphatic imine (C=N–C) groups is 1. The minimum atomic E-state index is 0. The highest BCUT2D eigenvalue weighted by atomic mass is 127. The number of rotatable bonds is 7. The first-order valence-corrected chi connectivity index (χ1v) is 8.94. The molecule has 24 heavy (non-hydrogen) atoms. The third kappa shape index (κ3) is 8.28. The Balaban J connectivity index is 0.00000288. The van der Waals surface area contributed by atoms with E-state index in [-0.39, 0.29) is 24.0 Å². The van der Waals surface area contributed by atoms with Crippen LogP contribution >= 0.6 is 24.0 Å². The normalized spacial score (nSPS) is 15.7. The second kappa shape index (κ2) is 12.5. The Bertz CT molecular complexity index is 469. The third-order valence-corrected chi connectivity index (χ3v) is 4.16. The molecule has 1 fully saturated rings.